The average molecular weight is 524 g/mol. The molecule has 0 radical (unpaired) electrons. The van der Waals surface area contributed by atoms with Crippen molar-refractivity contribution in [3.63, 3.8) is 0 Å². The van der Waals surface area contributed by atoms with Crippen molar-refractivity contribution in [3.05, 3.63) is 69.7 Å². The normalized spacial score (nSPS) is 22.2. The van der Waals surface area contributed by atoms with E-state index in [1.165, 1.54) is 30.6 Å². The number of aromatic nitrogens is 2. The van der Waals surface area contributed by atoms with Crippen LogP contribution in [0.3, 0.4) is 0 Å². The SMILES string of the molecule is O=C1C(Cc2c(Cl)cc(-c3ccc(N4CCCCC4)cc3)cc2Cl)CCN1[C@@H]1CCc2nc[nH]c2C1. The molecule has 3 aliphatic rings. The van der Waals surface area contributed by atoms with Crippen LogP contribution in [-0.4, -0.2) is 46.5 Å². The number of H-pyrrole nitrogens is 1. The molecule has 1 aliphatic carbocycles. The number of fused-ring (bicyclic) bond motifs is 1. The number of piperidine rings is 1. The zero-order valence-corrected chi connectivity index (χ0v) is 22.0. The molecule has 3 aromatic rings. The minimum Gasteiger partial charge on any atom is -0.372 e. The van der Waals surface area contributed by atoms with Gasteiger partial charge in [-0.1, -0.05) is 35.3 Å². The minimum atomic E-state index is -0.0714. The number of anilines is 1. The minimum absolute atomic E-state index is 0.0714. The van der Waals surface area contributed by atoms with Crippen molar-refractivity contribution in [1.82, 2.24) is 14.9 Å². The number of benzene rings is 2. The molecule has 2 fully saturated rings. The van der Waals surface area contributed by atoms with Gasteiger partial charge in [0.25, 0.3) is 0 Å². The van der Waals surface area contributed by atoms with E-state index < -0.39 is 0 Å². The predicted molar refractivity (Wildman–Crippen MR) is 146 cm³/mol. The molecule has 1 amide bonds. The van der Waals surface area contributed by atoms with Crippen LogP contribution in [0.2, 0.25) is 10.0 Å². The van der Waals surface area contributed by atoms with Crippen molar-refractivity contribution in [3.8, 4) is 11.1 Å². The van der Waals surface area contributed by atoms with E-state index in [9.17, 15) is 4.79 Å². The van der Waals surface area contributed by atoms with Crippen molar-refractivity contribution < 1.29 is 4.79 Å². The number of rotatable bonds is 5. The van der Waals surface area contributed by atoms with E-state index in [1.54, 1.807) is 6.33 Å². The zero-order valence-electron chi connectivity index (χ0n) is 20.5. The molecule has 1 N–H and O–H groups in total. The van der Waals surface area contributed by atoms with Gasteiger partial charge >= 0.3 is 0 Å². The Balaban J connectivity index is 1.14. The number of imidazole rings is 1. The highest BCUT2D eigenvalue weighted by Crippen LogP contribution is 2.37. The predicted octanol–water partition coefficient (Wildman–Crippen LogP) is 6.32. The highest BCUT2D eigenvalue weighted by atomic mass is 35.5. The molecule has 2 aliphatic heterocycles. The Kier molecular flexibility index (Phi) is 6.70. The summed E-state index contributed by atoms with van der Waals surface area (Å²) in [6.07, 6.45) is 9.82. The van der Waals surface area contributed by atoms with Crippen molar-refractivity contribution in [2.45, 2.75) is 57.4 Å². The van der Waals surface area contributed by atoms with Gasteiger partial charge < -0.3 is 14.8 Å². The number of halogens is 2. The fourth-order valence-electron chi connectivity index (χ4n) is 6.19. The molecular weight excluding hydrogens is 491 g/mol. The lowest BCUT2D eigenvalue weighted by molar-refractivity contribution is -0.133. The largest absolute Gasteiger partial charge is 0.372 e. The van der Waals surface area contributed by atoms with Gasteiger partial charge in [-0.25, -0.2) is 4.98 Å². The van der Waals surface area contributed by atoms with Crippen molar-refractivity contribution >= 4 is 34.8 Å². The monoisotopic (exact) mass is 522 g/mol. The van der Waals surface area contributed by atoms with Crippen LogP contribution in [0.5, 0.6) is 0 Å². The second-order valence-electron chi connectivity index (χ2n) is 10.5. The molecule has 1 unspecified atom stereocenters. The standard InChI is InChI=1S/C29H32Cl2N4O/c30-25-15-21(19-4-6-22(7-5-19)34-11-2-1-3-12-34)16-26(31)24(25)14-20-10-13-35(29(20)36)23-8-9-27-28(17-23)33-18-32-27/h4-7,15-16,18,20,23H,1-3,8-14,17H2,(H,32,33)/t20?,23-/m1/s1. The Bertz CT molecular complexity index is 1230. The van der Waals surface area contributed by atoms with Gasteiger partial charge in [0, 0.05) is 59.4 Å². The van der Waals surface area contributed by atoms with Gasteiger partial charge in [-0.3, -0.25) is 4.79 Å². The zero-order chi connectivity index (χ0) is 24.6. The van der Waals surface area contributed by atoms with Crippen molar-refractivity contribution in [1.29, 1.82) is 0 Å². The molecule has 1 aromatic heterocycles. The maximum absolute atomic E-state index is 13.3. The van der Waals surface area contributed by atoms with Gasteiger partial charge in [0.05, 0.1) is 12.0 Å². The summed E-state index contributed by atoms with van der Waals surface area (Å²) in [6, 6.07) is 12.9. The van der Waals surface area contributed by atoms with Crippen molar-refractivity contribution in [2.75, 3.05) is 24.5 Å². The maximum Gasteiger partial charge on any atom is 0.226 e. The Hall–Kier alpha value is -2.50. The van der Waals surface area contributed by atoms with Gasteiger partial charge in [0.1, 0.15) is 0 Å². The van der Waals surface area contributed by atoms with Crippen LogP contribution in [0.4, 0.5) is 5.69 Å². The molecule has 2 atom stereocenters. The molecule has 0 bridgehead atoms. The Morgan fingerprint density at radius 1 is 0.944 bits per heavy atom. The fraction of sp³-hybridized carbons (Fsp3) is 0.448. The van der Waals surface area contributed by atoms with E-state index in [-0.39, 0.29) is 17.9 Å². The Morgan fingerprint density at radius 2 is 1.69 bits per heavy atom. The van der Waals surface area contributed by atoms with E-state index in [2.05, 4.69) is 44.0 Å². The number of hydrogen-bond acceptors (Lipinski definition) is 3. The lowest BCUT2D eigenvalue weighted by atomic mass is 9.94. The molecule has 2 saturated heterocycles. The van der Waals surface area contributed by atoms with Crippen LogP contribution in [0, 0.1) is 5.92 Å². The number of nitrogens with zero attached hydrogens (tertiary/aromatic N) is 3. The summed E-state index contributed by atoms with van der Waals surface area (Å²) in [4.78, 5) is 25.5. The molecule has 188 valence electrons. The first-order chi connectivity index (χ1) is 17.6. The lowest BCUT2D eigenvalue weighted by Crippen LogP contribution is -2.41. The second kappa shape index (κ2) is 10.1. The van der Waals surface area contributed by atoms with Crippen LogP contribution in [0.1, 0.15) is 49.1 Å². The molecule has 36 heavy (non-hydrogen) atoms. The Labute approximate surface area is 222 Å². The smallest absolute Gasteiger partial charge is 0.226 e. The second-order valence-corrected chi connectivity index (χ2v) is 11.3. The van der Waals surface area contributed by atoms with Crippen LogP contribution in [-0.2, 0) is 24.1 Å². The lowest BCUT2D eigenvalue weighted by Gasteiger charge is -2.31. The first-order valence-corrected chi connectivity index (χ1v) is 14.0. The number of likely N-dealkylation sites (tertiary alicyclic amines) is 1. The first-order valence-electron chi connectivity index (χ1n) is 13.2. The maximum atomic E-state index is 13.3. The van der Waals surface area contributed by atoms with Gasteiger partial charge in [-0.15, -0.1) is 0 Å². The average Bonchev–Trinajstić information content (AvgIpc) is 3.52. The summed E-state index contributed by atoms with van der Waals surface area (Å²) in [5.41, 5.74) is 6.59. The first kappa shape index (κ1) is 23.9. The van der Waals surface area contributed by atoms with E-state index >= 15 is 0 Å². The molecule has 5 nitrogen and oxygen atoms in total. The molecule has 7 heteroatoms. The fourth-order valence-corrected chi connectivity index (χ4v) is 6.83. The molecule has 2 aromatic carbocycles. The van der Waals surface area contributed by atoms with E-state index in [1.807, 2.05) is 12.1 Å². The quantitative estimate of drug-likeness (QED) is 0.426. The summed E-state index contributed by atoms with van der Waals surface area (Å²) < 4.78 is 0. The summed E-state index contributed by atoms with van der Waals surface area (Å²) >= 11 is 13.5. The van der Waals surface area contributed by atoms with Crippen LogP contribution < -0.4 is 4.90 Å². The summed E-state index contributed by atoms with van der Waals surface area (Å²) in [7, 11) is 0. The topological polar surface area (TPSA) is 52.2 Å². The van der Waals surface area contributed by atoms with Crippen LogP contribution >= 0.6 is 23.2 Å². The Morgan fingerprint density at radius 3 is 2.44 bits per heavy atom. The molecule has 3 heterocycles. The molecule has 0 saturated carbocycles. The third-order valence-corrected chi connectivity index (χ3v) is 8.94. The highest BCUT2D eigenvalue weighted by molar-refractivity contribution is 6.36. The highest BCUT2D eigenvalue weighted by Gasteiger charge is 2.38. The van der Waals surface area contributed by atoms with E-state index in [0.717, 1.165) is 67.7 Å². The van der Waals surface area contributed by atoms with Crippen molar-refractivity contribution in [2.24, 2.45) is 5.92 Å². The summed E-state index contributed by atoms with van der Waals surface area (Å²) in [6.45, 7) is 3.07. The van der Waals surface area contributed by atoms with Gasteiger partial charge in [0.15, 0.2) is 0 Å². The number of nitrogens with one attached hydrogen (secondary N) is 1. The number of amides is 1. The number of aromatic amines is 1. The number of carbonyl (C=O) groups is 1. The third-order valence-electron chi connectivity index (χ3n) is 8.27. The number of aryl methyl sites for hydroxylation is 1. The van der Waals surface area contributed by atoms with Crippen LogP contribution in [0.25, 0.3) is 11.1 Å². The molecular formula is C29H32Cl2N4O. The van der Waals surface area contributed by atoms with E-state index in [0.29, 0.717) is 16.5 Å². The van der Waals surface area contributed by atoms with E-state index in [4.69, 9.17) is 23.2 Å². The van der Waals surface area contributed by atoms with Gasteiger partial charge in [-0.05, 0) is 85.9 Å². The van der Waals surface area contributed by atoms with Gasteiger partial charge in [0.2, 0.25) is 5.91 Å². The number of carbonyl (C=O) groups excluding carboxylic acids is 1. The number of hydrogen-bond donors (Lipinski definition) is 1. The van der Waals surface area contributed by atoms with Gasteiger partial charge in [-0.2, -0.15) is 0 Å². The molecule has 0 spiro atoms. The summed E-state index contributed by atoms with van der Waals surface area (Å²) in [5.74, 6) is 0.158. The third kappa shape index (κ3) is 4.64. The summed E-state index contributed by atoms with van der Waals surface area (Å²) in [5, 5.41) is 1.28. The molecule has 6 rings (SSSR count). The van der Waals surface area contributed by atoms with Crippen LogP contribution in [0.15, 0.2) is 42.7 Å².